The van der Waals surface area contributed by atoms with Crippen LogP contribution in [0.25, 0.3) is 0 Å². The molecular formula is C19H20N2O3. The highest BCUT2D eigenvalue weighted by Gasteiger charge is 2.33. The Morgan fingerprint density at radius 3 is 2.38 bits per heavy atom. The standard InChI is InChI=1S/C19H20N2O3/c1-14-21(13-17(24-14)15-8-4-2-5-9-15)18(22)12-20-19(23)16-10-6-3-7-11-16/h2-11,14,17H,12-13H2,1H3,(H,20,23). The summed E-state index contributed by atoms with van der Waals surface area (Å²) in [6.45, 7) is 2.30. The summed E-state index contributed by atoms with van der Waals surface area (Å²) in [5, 5.41) is 2.67. The molecule has 1 aliphatic rings. The average molecular weight is 324 g/mol. The maximum absolute atomic E-state index is 12.4. The van der Waals surface area contributed by atoms with E-state index in [0.717, 1.165) is 5.56 Å². The van der Waals surface area contributed by atoms with Crippen molar-refractivity contribution in [3.8, 4) is 0 Å². The molecule has 5 nitrogen and oxygen atoms in total. The Hall–Kier alpha value is -2.66. The maximum Gasteiger partial charge on any atom is 0.251 e. The molecule has 0 aliphatic carbocycles. The number of benzene rings is 2. The number of amides is 2. The van der Waals surface area contributed by atoms with E-state index in [9.17, 15) is 9.59 Å². The Balaban J connectivity index is 1.56. The van der Waals surface area contributed by atoms with E-state index in [0.29, 0.717) is 12.1 Å². The van der Waals surface area contributed by atoms with Gasteiger partial charge in [-0.15, -0.1) is 0 Å². The Morgan fingerprint density at radius 2 is 1.71 bits per heavy atom. The number of carbonyl (C=O) groups excluding carboxylic acids is 2. The van der Waals surface area contributed by atoms with E-state index in [-0.39, 0.29) is 30.7 Å². The lowest BCUT2D eigenvalue weighted by Crippen LogP contribution is -2.42. The zero-order valence-corrected chi connectivity index (χ0v) is 13.5. The summed E-state index contributed by atoms with van der Waals surface area (Å²) in [5.74, 6) is -0.401. The van der Waals surface area contributed by atoms with Gasteiger partial charge in [0.25, 0.3) is 5.91 Å². The smallest absolute Gasteiger partial charge is 0.251 e. The minimum Gasteiger partial charge on any atom is -0.349 e. The van der Waals surface area contributed by atoms with Gasteiger partial charge in [0.15, 0.2) is 0 Å². The van der Waals surface area contributed by atoms with E-state index < -0.39 is 0 Å². The van der Waals surface area contributed by atoms with E-state index in [1.165, 1.54) is 0 Å². The number of nitrogens with one attached hydrogen (secondary N) is 1. The molecule has 124 valence electrons. The van der Waals surface area contributed by atoms with Crippen LogP contribution in [0.5, 0.6) is 0 Å². The summed E-state index contributed by atoms with van der Waals surface area (Å²) in [5.41, 5.74) is 1.59. The van der Waals surface area contributed by atoms with Gasteiger partial charge in [0.1, 0.15) is 12.3 Å². The topological polar surface area (TPSA) is 58.6 Å². The van der Waals surface area contributed by atoms with Crippen LogP contribution >= 0.6 is 0 Å². The summed E-state index contributed by atoms with van der Waals surface area (Å²) in [4.78, 5) is 26.1. The zero-order chi connectivity index (χ0) is 16.9. The summed E-state index contributed by atoms with van der Waals surface area (Å²) in [6.07, 6.45) is -0.439. The fourth-order valence-electron chi connectivity index (χ4n) is 2.79. The average Bonchev–Trinajstić information content (AvgIpc) is 3.03. The molecule has 2 aromatic rings. The molecule has 1 heterocycles. The van der Waals surface area contributed by atoms with Crippen molar-refractivity contribution in [2.45, 2.75) is 19.3 Å². The largest absolute Gasteiger partial charge is 0.349 e. The number of carbonyl (C=O) groups is 2. The fraction of sp³-hybridized carbons (Fsp3) is 0.263. The minimum absolute atomic E-state index is 0.0388. The fourth-order valence-corrected chi connectivity index (χ4v) is 2.79. The third-order valence-corrected chi connectivity index (χ3v) is 4.09. The summed E-state index contributed by atoms with van der Waals surface area (Å²) < 4.78 is 5.86. The van der Waals surface area contributed by atoms with Crippen LogP contribution < -0.4 is 5.32 Å². The van der Waals surface area contributed by atoms with Gasteiger partial charge in [0.2, 0.25) is 5.91 Å². The first-order valence-electron chi connectivity index (χ1n) is 7.98. The van der Waals surface area contributed by atoms with E-state index >= 15 is 0 Å². The molecule has 5 heteroatoms. The molecule has 1 N–H and O–H groups in total. The molecule has 2 atom stereocenters. The molecule has 24 heavy (non-hydrogen) atoms. The SMILES string of the molecule is CC1OC(c2ccccc2)CN1C(=O)CNC(=O)c1ccccc1. The Bertz CT molecular complexity index is 703. The Morgan fingerprint density at radius 1 is 1.08 bits per heavy atom. The van der Waals surface area contributed by atoms with Crippen LogP contribution in [0.4, 0.5) is 0 Å². The monoisotopic (exact) mass is 324 g/mol. The zero-order valence-electron chi connectivity index (χ0n) is 13.5. The molecule has 0 bridgehead atoms. The summed E-state index contributed by atoms with van der Waals surface area (Å²) >= 11 is 0. The Kier molecular flexibility index (Phi) is 4.91. The van der Waals surface area contributed by atoms with E-state index in [2.05, 4.69) is 5.32 Å². The van der Waals surface area contributed by atoms with Crippen LogP contribution in [-0.4, -0.2) is 36.0 Å². The van der Waals surface area contributed by atoms with Gasteiger partial charge in [-0.25, -0.2) is 0 Å². The lowest BCUT2D eigenvalue weighted by atomic mass is 10.1. The number of ether oxygens (including phenoxy) is 1. The molecule has 2 amide bonds. The minimum atomic E-state index is -0.309. The predicted molar refractivity (Wildman–Crippen MR) is 90.2 cm³/mol. The maximum atomic E-state index is 12.4. The van der Waals surface area contributed by atoms with Crippen molar-refractivity contribution in [3.63, 3.8) is 0 Å². The van der Waals surface area contributed by atoms with Crippen LogP contribution in [0.15, 0.2) is 60.7 Å². The van der Waals surface area contributed by atoms with Gasteiger partial charge < -0.3 is 15.0 Å². The molecule has 1 aliphatic heterocycles. The van der Waals surface area contributed by atoms with Gasteiger partial charge in [0.05, 0.1) is 13.1 Å². The third-order valence-electron chi connectivity index (χ3n) is 4.09. The Labute approximate surface area is 141 Å². The molecule has 0 radical (unpaired) electrons. The molecular weight excluding hydrogens is 304 g/mol. The molecule has 0 aromatic heterocycles. The number of hydrogen-bond donors (Lipinski definition) is 1. The van der Waals surface area contributed by atoms with E-state index in [4.69, 9.17) is 4.74 Å². The van der Waals surface area contributed by atoms with Gasteiger partial charge in [-0.2, -0.15) is 0 Å². The lowest BCUT2D eigenvalue weighted by molar-refractivity contribution is -0.134. The third kappa shape index (κ3) is 3.63. The van der Waals surface area contributed by atoms with Crippen molar-refractivity contribution in [1.29, 1.82) is 0 Å². The van der Waals surface area contributed by atoms with Gasteiger partial charge in [-0.05, 0) is 24.6 Å². The van der Waals surface area contributed by atoms with Crippen molar-refractivity contribution in [2.24, 2.45) is 0 Å². The molecule has 0 saturated carbocycles. The first-order chi connectivity index (χ1) is 11.6. The molecule has 0 spiro atoms. The van der Waals surface area contributed by atoms with Crippen LogP contribution in [0, 0.1) is 0 Å². The summed E-state index contributed by atoms with van der Waals surface area (Å²) in [7, 11) is 0. The van der Waals surface area contributed by atoms with Gasteiger partial charge in [0, 0.05) is 5.56 Å². The number of rotatable bonds is 4. The van der Waals surface area contributed by atoms with Crippen molar-refractivity contribution in [2.75, 3.05) is 13.1 Å². The molecule has 3 rings (SSSR count). The van der Waals surface area contributed by atoms with Crippen molar-refractivity contribution in [3.05, 3.63) is 71.8 Å². The van der Waals surface area contributed by atoms with Crippen molar-refractivity contribution < 1.29 is 14.3 Å². The number of nitrogens with zero attached hydrogens (tertiary/aromatic N) is 1. The second kappa shape index (κ2) is 7.27. The lowest BCUT2D eigenvalue weighted by Gasteiger charge is -2.19. The normalized spacial score (nSPS) is 20.0. The van der Waals surface area contributed by atoms with Gasteiger partial charge >= 0.3 is 0 Å². The number of hydrogen-bond acceptors (Lipinski definition) is 3. The molecule has 1 saturated heterocycles. The van der Waals surface area contributed by atoms with Crippen LogP contribution in [0.3, 0.4) is 0 Å². The van der Waals surface area contributed by atoms with Gasteiger partial charge in [-0.3, -0.25) is 9.59 Å². The van der Waals surface area contributed by atoms with Crippen LogP contribution in [-0.2, 0) is 9.53 Å². The molecule has 2 unspecified atom stereocenters. The highest BCUT2D eigenvalue weighted by atomic mass is 16.5. The van der Waals surface area contributed by atoms with Crippen LogP contribution in [0.2, 0.25) is 0 Å². The van der Waals surface area contributed by atoms with E-state index in [1.54, 1.807) is 29.2 Å². The van der Waals surface area contributed by atoms with Gasteiger partial charge in [-0.1, -0.05) is 48.5 Å². The highest BCUT2D eigenvalue weighted by molar-refractivity contribution is 5.96. The summed E-state index contributed by atoms with van der Waals surface area (Å²) in [6, 6.07) is 18.7. The van der Waals surface area contributed by atoms with Crippen molar-refractivity contribution >= 4 is 11.8 Å². The molecule has 1 fully saturated rings. The van der Waals surface area contributed by atoms with Crippen LogP contribution in [0.1, 0.15) is 28.9 Å². The predicted octanol–water partition coefficient (Wildman–Crippen LogP) is 2.36. The highest BCUT2D eigenvalue weighted by Crippen LogP contribution is 2.28. The first-order valence-corrected chi connectivity index (χ1v) is 7.98. The van der Waals surface area contributed by atoms with Crippen molar-refractivity contribution in [1.82, 2.24) is 10.2 Å². The quantitative estimate of drug-likeness (QED) is 0.939. The second-order valence-electron chi connectivity index (χ2n) is 5.73. The van der Waals surface area contributed by atoms with E-state index in [1.807, 2.05) is 43.3 Å². The first kappa shape index (κ1) is 16.2. The molecule has 2 aromatic carbocycles. The second-order valence-corrected chi connectivity index (χ2v) is 5.73.